The minimum absolute atomic E-state index is 0.129. The number of carbonyl (C=O) groups is 1. The summed E-state index contributed by atoms with van der Waals surface area (Å²) in [4.78, 5) is 15.1. The fraction of sp³-hybridized carbons (Fsp3) is 0.250. The van der Waals surface area contributed by atoms with Gasteiger partial charge in [0.05, 0.1) is 0 Å². The highest BCUT2D eigenvalue weighted by Gasteiger charge is 2.23. The number of ether oxygens (including phenoxy) is 1. The molecular formula is C8H8N2O2. The third-order valence-corrected chi connectivity index (χ3v) is 1.69. The second kappa shape index (κ2) is 2.48. The van der Waals surface area contributed by atoms with Crippen molar-refractivity contribution in [1.29, 1.82) is 0 Å². The summed E-state index contributed by atoms with van der Waals surface area (Å²) in [7, 11) is 0. The number of nitrogens with one attached hydrogen (secondary N) is 1. The van der Waals surface area contributed by atoms with Crippen molar-refractivity contribution >= 4 is 11.6 Å². The van der Waals surface area contributed by atoms with Gasteiger partial charge in [-0.2, -0.15) is 0 Å². The number of anilines is 1. The normalized spacial score (nSPS) is 20.8. The molecule has 1 atom stereocenters. The second-order valence-electron chi connectivity index (χ2n) is 2.61. The summed E-state index contributed by atoms with van der Waals surface area (Å²) in [5, 5.41) is 2.68. The van der Waals surface area contributed by atoms with Crippen LogP contribution in [-0.2, 0) is 4.79 Å². The molecular weight excluding hydrogens is 156 g/mol. The van der Waals surface area contributed by atoms with E-state index >= 15 is 0 Å². The van der Waals surface area contributed by atoms with Gasteiger partial charge in [-0.1, -0.05) is 0 Å². The smallest absolute Gasteiger partial charge is 0.265 e. The Kier molecular flexibility index (Phi) is 1.46. The summed E-state index contributed by atoms with van der Waals surface area (Å²) in [5.41, 5.74) is 0.639. The van der Waals surface area contributed by atoms with Crippen LogP contribution in [0.15, 0.2) is 18.3 Å². The molecule has 0 fully saturated rings. The van der Waals surface area contributed by atoms with Crippen LogP contribution in [0.1, 0.15) is 6.92 Å². The first-order valence-electron chi connectivity index (χ1n) is 3.70. The molecule has 1 aliphatic heterocycles. The molecule has 4 heteroatoms. The monoisotopic (exact) mass is 164 g/mol. The SMILES string of the molecule is CC1Oc2ncccc2NC1=O. The maximum absolute atomic E-state index is 11.1. The van der Waals surface area contributed by atoms with Crippen LogP contribution in [0.25, 0.3) is 0 Å². The Bertz CT molecular complexity index is 325. The highest BCUT2D eigenvalue weighted by atomic mass is 16.5. The van der Waals surface area contributed by atoms with Crippen molar-refractivity contribution < 1.29 is 9.53 Å². The van der Waals surface area contributed by atoms with Crippen molar-refractivity contribution in [1.82, 2.24) is 4.98 Å². The fourth-order valence-electron chi connectivity index (χ4n) is 1.04. The number of hydrogen-bond donors (Lipinski definition) is 1. The molecule has 0 saturated carbocycles. The largest absolute Gasteiger partial charge is 0.463 e. The van der Waals surface area contributed by atoms with Crippen molar-refractivity contribution in [3.63, 3.8) is 0 Å². The van der Waals surface area contributed by atoms with Crippen molar-refractivity contribution in [3.8, 4) is 5.88 Å². The molecule has 62 valence electrons. The van der Waals surface area contributed by atoms with Gasteiger partial charge in [-0.3, -0.25) is 4.79 Å². The lowest BCUT2D eigenvalue weighted by molar-refractivity contribution is -0.122. The summed E-state index contributed by atoms with van der Waals surface area (Å²) >= 11 is 0. The van der Waals surface area contributed by atoms with E-state index in [4.69, 9.17) is 4.74 Å². The highest BCUT2D eigenvalue weighted by molar-refractivity contribution is 5.96. The molecule has 1 N–H and O–H groups in total. The lowest BCUT2D eigenvalue weighted by atomic mass is 10.3. The van der Waals surface area contributed by atoms with Gasteiger partial charge in [-0.15, -0.1) is 0 Å². The van der Waals surface area contributed by atoms with E-state index in [2.05, 4.69) is 10.3 Å². The molecule has 2 rings (SSSR count). The predicted molar refractivity (Wildman–Crippen MR) is 43.0 cm³/mol. The molecule has 4 nitrogen and oxygen atoms in total. The third kappa shape index (κ3) is 1.01. The van der Waals surface area contributed by atoms with Crippen LogP contribution in [0.5, 0.6) is 5.88 Å². The Labute approximate surface area is 69.6 Å². The zero-order valence-corrected chi connectivity index (χ0v) is 6.57. The quantitative estimate of drug-likeness (QED) is 0.617. The van der Waals surface area contributed by atoms with E-state index in [0.717, 1.165) is 0 Å². The van der Waals surface area contributed by atoms with E-state index in [1.807, 2.05) is 0 Å². The lowest BCUT2D eigenvalue weighted by Gasteiger charge is -2.21. The van der Waals surface area contributed by atoms with Crippen molar-refractivity contribution in [2.45, 2.75) is 13.0 Å². The van der Waals surface area contributed by atoms with Crippen LogP contribution >= 0.6 is 0 Å². The molecule has 0 bridgehead atoms. The molecule has 2 heterocycles. The molecule has 1 aliphatic rings. The van der Waals surface area contributed by atoms with Gasteiger partial charge in [0.1, 0.15) is 5.69 Å². The second-order valence-corrected chi connectivity index (χ2v) is 2.61. The number of amides is 1. The van der Waals surface area contributed by atoms with Gasteiger partial charge < -0.3 is 10.1 Å². The van der Waals surface area contributed by atoms with Crippen LogP contribution in [0.4, 0.5) is 5.69 Å². The standard InChI is InChI=1S/C8H8N2O2/c1-5-7(11)10-6-3-2-4-9-8(6)12-5/h2-5H,1H3,(H,10,11). The van der Waals surface area contributed by atoms with Gasteiger partial charge in [0.2, 0.25) is 5.88 Å². The van der Waals surface area contributed by atoms with E-state index in [0.29, 0.717) is 11.6 Å². The van der Waals surface area contributed by atoms with Gasteiger partial charge in [0, 0.05) is 6.20 Å². The molecule has 0 aliphatic carbocycles. The lowest BCUT2D eigenvalue weighted by Crippen LogP contribution is -2.34. The summed E-state index contributed by atoms with van der Waals surface area (Å²) in [6, 6.07) is 3.50. The maximum atomic E-state index is 11.1. The van der Waals surface area contributed by atoms with Crippen molar-refractivity contribution in [3.05, 3.63) is 18.3 Å². The first kappa shape index (κ1) is 7.09. The highest BCUT2D eigenvalue weighted by Crippen LogP contribution is 2.25. The number of nitrogens with zero attached hydrogens (tertiary/aromatic N) is 1. The molecule has 0 saturated heterocycles. The molecule has 0 radical (unpaired) electrons. The van der Waals surface area contributed by atoms with Crippen LogP contribution in [0.3, 0.4) is 0 Å². The van der Waals surface area contributed by atoms with Crippen molar-refractivity contribution in [2.24, 2.45) is 0 Å². The van der Waals surface area contributed by atoms with Gasteiger partial charge in [0.15, 0.2) is 6.10 Å². The van der Waals surface area contributed by atoms with Crippen LogP contribution in [-0.4, -0.2) is 17.0 Å². The maximum Gasteiger partial charge on any atom is 0.265 e. The number of pyridine rings is 1. The van der Waals surface area contributed by atoms with Gasteiger partial charge in [-0.05, 0) is 19.1 Å². The Morgan fingerprint density at radius 1 is 1.67 bits per heavy atom. The van der Waals surface area contributed by atoms with E-state index in [1.165, 1.54) is 0 Å². The summed E-state index contributed by atoms with van der Waals surface area (Å²) in [6.45, 7) is 1.69. The third-order valence-electron chi connectivity index (χ3n) is 1.69. The summed E-state index contributed by atoms with van der Waals surface area (Å²) in [5.74, 6) is 0.361. The average molecular weight is 164 g/mol. The fourth-order valence-corrected chi connectivity index (χ4v) is 1.04. The van der Waals surface area contributed by atoms with Crippen LogP contribution in [0.2, 0.25) is 0 Å². The first-order valence-corrected chi connectivity index (χ1v) is 3.70. The van der Waals surface area contributed by atoms with E-state index in [-0.39, 0.29) is 5.91 Å². The zero-order valence-electron chi connectivity index (χ0n) is 6.57. The molecule has 1 aromatic rings. The number of carbonyl (C=O) groups excluding carboxylic acids is 1. The molecule has 0 spiro atoms. The van der Waals surface area contributed by atoms with Crippen molar-refractivity contribution in [2.75, 3.05) is 5.32 Å². The molecule has 1 aromatic heterocycles. The van der Waals surface area contributed by atoms with Gasteiger partial charge in [-0.25, -0.2) is 4.98 Å². The van der Waals surface area contributed by atoms with Gasteiger partial charge >= 0.3 is 0 Å². The van der Waals surface area contributed by atoms with E-state index < -0.39 is 6.10 Å². The molecule has 1 unspecified atom stereocenters. The summed E-state index contributed by atoms with van der Waals surface area (Å²) < 4.78 is 5.22. The summed E-state index contributed by atoms with van der Waals surface area (Å²) in [6.07, 6.45) is 1.18. The number of aromatic nitrogens is 1. The molecule has 1 amide bonds. The van der Waals surface area contributed by atoms with E-state index in [9.17, 15) is 4.79 Å². The first-order chi connectivity index (χ1) is 5.77. The Hall–Kier alpha value is -1.58. The predicted octanol–water partition coefficient (Wildman–Crippen LogP) is 0.801. The Morgan fingerprint density at radius 2 is 2.50 bits per heavy atom. The van der Waals surface area contributed by atoms with E-state index in [1.54, 1.807) is 25.3 Å². The topological polar surface area (TPSA) is 51.2 Å². The Morgan fingerprint density at radius 3 is 3.33 bits per heavy atom. The molecule has 0 aromatic carbocycles. The minimum Gasteiger partial charge on any atom is -0.463 e. The number of rotatable bonds is 0. The van der Waals surface area contributed by atoms with Crippen LogP contribution < -0.4 is 10.1 Å². The van der Waals surface area contributed by atoms with Gasteiger partial charge in [0.25, 0.3) is 5.91 Å². The zero-order chi connectivity index (χ0) is 8.55. The number of hydrogen-bond acceptors (Lipinski definition) is 3. The average Bonchev–Trinajstić information content (AvgIpc) is 2.07. The molecule has 12 heavy (non-hydrogen) atoms. The number of fused-ring (bicyclic) bond motifs is 1. The minimum atomic E-state index is -0.451. The van der Waals surface area contributed by atoms with Crippen LogP contribution in [0, 0.1) is 0 Å². The Balaban J connectivity index is 2.40.